The summed E-state index contributed by atoms with van der Waals surface area (Å²) in [5.41, 5.74) is 5.70. The Morgan fingerprint density at radius 3 is 1.14 bits per heavy atom. The van der Waals surface area contributed by atoms with Crippen molar-refractivity contribution < 1.29 is 0 Å². The summed E-state index contributed by atoms with van der Waals surface area (Å²) >= 11 is 0. The first-order valence-corrected chi connectivity index (χ1v) is 8.85. The predicted molar refractivity (Wildman–Crippen MR) is 97.5 cm³/mol. The third-order valence-corrected chi connectivity index (χ3v) is 4.42. The summed E-state index contributed by atoms with van der Waals surface area (Å²) in [6.07, 6.45) is 10.7. The minimum atomic E-state index is 1.24. The van der Waals surface area contributed by atoms with Gasteiger partial charge in [0, 0.05) is 0 Å². The zero-order valence-corrected chi connectivity index (χ0v) is 14.3. The Balaban J connectivity index is 1.47. The van der Waals surface area contributed by atoms with Crippen molar-refractivity contribution in [3.63, 3.8) is 0 Å². The van der Waals surface area contributed by atoms with Crippen molar-refractivity contribution in [2.45, 2.75) is 65.2 Å². The van der Waals surface area contributed by atoms with Crippen molar-refractivity contribution in [3.8, 4) is 0 Å². The van der Waals surface area contributed by atoms with Crippen molar-refractivity contribution in [2.24, 2.45) is 0 Å². The second-order valence-corrected chi connectivity index (χ2v) is 6.59. The Morgan fingerprint density at radius 1 is 0.455 bits per heavy atom. The van der Waals surface area contributed by atoms with E-state index in [1.165, 1.54) is 73.6 Å². The van der Waals surface area contributed by atoms with Gasteiger partial charge in [-0.1, -0.05) is 85.3 Å². The molecule has 2 aromatic carbocycles. The summed E-state index contributed by atoms with van der Waals surface area (Å²) in [6, 6.07) is 18.0. The largest absolute Gasteiger partial charge is 0.0591 e. The van der Waals surface area contributed by atoms with Crippen molar-refractivity contribution in [2.75, 3.05) is 0 Å². The molecule has 0 heterocycles. The van der Waals surface area contributed by atoms with Crippen LogP contribution in [0.5, 0.6) is 0 Å². The molecule has 0 heteroatoms. The van der Waals surface area contributed by atoms with E-state index >= 15 is 0 Å². The maximum atomic E-state index is 2.27. The summed E-state index contributed by atoms with van der Waals surface area (Å²) < 4.78 is 0. The van der Waals surface area contributed by atoms with Crippen LogP contribution in [0.4, 0.5) is 0 Å². The maximum Gasteiger partial charge on any atom is -0.0279 e. The molecule has 0 unspecified atom stereocenters. The Morgan fingerprint density at radius 2 is 0.773 bits per heavy atom. The average molecular weight is 294 g/mol. The van der Waals surface area contributed by atoms with E-state index in [-0.39, 0.29) is 0 Å². The van der Waals surface area contributed by atoms with Gasteiger partial charge in [-0.15, -0.1) is 0 Å². The zero-order valence-electron chi connectivity index (χ0n) is 14.3. The summed E-state index contributed by atoms with van der Waals surface area (Å²) in [7, 11) is 0. The predicted octanol–water partition coefficient (Wildman–Crippen LogP) is 6.43. The Bertz CT molecular complexity index is 467. The first kappa shape index (κ1) is 16.8. The van der Waals surface area contributed by atoms with Gasteiger partial charge in [-0.05, 0) is 50.7 Å². The van der Waals surface area contributed by atoms with Crippen LogP contribution < -0.4 is 0 Å². The van der Waals surface area contributed by atoms with Gasteiger partial charge < -0.3 is 0 Å². The van der Waals surface area contributed by atoms with E-state index in [1.54, 1.807) is 0 Å². The lowest BCUT2D eigenvalue weighted by Gasteiger charge is -2.04. The molecule has 0 fully saturated rings. The molecule has 0 aliphatic rings. The van der Waals surface area contributed by atoms with Crippen LogP contribution in [-0.4, -0.2) is 0 Å². The molecule has 0 radical (unpaired) electrons. The zero-order chi connectivity index (χ0) is 15.6. The summed E-state index contributed by atoms with van der Waals surface area (Å²) in [5, 5.41) is 0. The monoisotopic (exact) mass is 294 g/mol. The second-order valence-electron chi connectivity index (χ2n) is 6.59. The van der Waals surface area contributed by atoms with Gasteiger partial charge in [-0.2, -0.15) is 0 Å². The Labute approximate surface area is 136 Å². The summed E-state index contributed by atoms with van der Waals surface area (Å²) in [6.45, 7) is 4.31. The highest BCUT2D eigenvalue weighted by atomic mass is 14.0. The van der Waals surface area contributed by atoms with Gasteiger partial charge in [-0.25, -0.2) is 0 Å². The van der Waals surface area contributed by atoms with E-state index in [0.29, 0.717) is 0 Å². The molecule has 0 bridgehead atoms. The second kappa shape index (κ2) is 9.46. The standard InChI is InChI=1S/C22H30/c1-19-11-15-21(16-12-19)9-7-5-3-4-6-8-10-22-17-13-20(2)14-18-22/h11-18H,3-10H2,1-2H3. The van der Waals surface area contributed by atoms with Crippen LogP contribution in [0.3, 0.4) is 0 Å². The lowest BCUT2D eigenvalue weighted by Crippen LogP contribution is -1.88. The molecule has 0 atom stereocenters. The number of aryl methyl sites for hydroxylation is 4. The fourth-order valence-corrected chi connectivity index (χ4v) is 2.87. The first-order chi connectivity index (χ1) is 10.7. The molecule has 2 aromatic rings. The minimum Gasteiger partial charge on any atom is -0.0591 e. The SMILES string of the molecule is Cc1ccc(CCCCCCCCc2ccc(C)cc2)cc1. The molecule has 0 spiro atoms. The highest BCUT2D eigenvalue weighted by Gasteiger charge is 1.96. The highest BCUT2D eigenvalue weighted by Crippen LogP contribution is 2.13. The van der Waals surface area contributed by atoms with Gasteiger partial charge in [0.25, 0.3) is 0 Å². The van der Waals surface area contributed by atoms with Gasteiger partial charge in [0.1, 0.15) is 0 Å². The molecule has 118 valence electrons. The third-order valence-electron chi connectivity index (χ3n) is 4.42. The molecule has 0 aliphatic heterocycles. The average Bonchev–Trinajstić information content (AvgIpc) is 2.53. The topological polar surface area (TPSA) is 0 Å². The van der Waals surface area contributed by atoms with E-state index in [9.17, 15) is 0 Å². The molecular weight excluding hydrogens is 264 g/mol. The Kier molecular flexibility index (Phi) is 7.22. The van der Waals surface area contributed by atoms with Gasteiger partial charge >= 0.3 is 0 Å². The Hall–Kier alpha value is -1.56. The molecule has 2 rings (SSSR count). The molecule has 0 amide bonds. The lowest BCUT2D eigenvalue weighted by atomic mass is 10.0. The third kappa shape index (κ3) is 6.47. The van der Waals surface area contributed by atoms with Gasteiger partial charge in [-0.3, -0.25) is 0 Å². The van der Waals surface area contributed by atoms with Gasteiger partial charge in [0.2, 0.25) is 0 Å². The van der Waals surface area contributed by atoms with Crippen molar-refractivity contribution in [1.29, 1.82) is 0 Å². The number of benzene rings is 2. The maximum absolute atomic E-state index is 2.27. The fourth-order valence-electron chi connectivity index (χ4n) is 2.87. The van der Waals surface area contributed by atoms with Crippen LogP contribution in [0.2, 0.25) is 0 Å². The molecule has 0 aliphatic carbocycles. The van der Waals surface area contributed by atoms with Crippen molar-refractivity contribution in [1.82, 2.24) is 0 Å². The lowest BCUT2D eigenvalue weighted by molar-refractivity contribution is 0.594. The van der Waals surface area contributed by atoms with Gasteiger partial charge in [0.15, 0.2) is 0 Å². The number of rotatable bonds is 9. The first-order valence-electron chi connectivity index (χ1n) is 8.85. The van der Waals surface area contributed by atoms with E-state index in [1.807, 2.05) is 0 Å². The molecule has 0 saturated carbocycles. The summed E-state index contributed by atoms with van der Waals surface area (Å²) in [4.78, 5) is 0. The van der Waals surface area contributed by atoms with Crippen LogP contribution in [0, 0.1) is 13.8 Å². The van der Waals surface area contributed by atoms with Crippen LogP contribution in [-0.2, 0) is 12.8 Å². The molecule has 0 saturated heterocycles. The van der Waals surface area contributed by atoms with E-state index < -0.39 is 0 Å². The summed E-state index contributed by atoms with van der Waals surface area (Å²) in [5.74, 6) is 0. The smallest absolute Gasteiger partial charge is 0.0279 e. The van der Waals surface area contributed by atoms with Crippen LogP contribution in [0.15, 0.2) is 48.5 Å². The van der Waals surface area contributed by atoms with Crippen LogP contribution in [0.1, 0.15) is 60.8 Å². The number of hydrogen-bond acceptors (Lipinski definition) is 0. The molecule has 0 nitrogen and oxygen atoms in total. The molecule has 0 aromatic heterocycles. The van der Waals surface area contributed by atoms with Crippen LogP contribution >= 0.6 is 0 Å². The van der Waals surface area contributed by atoms with Gasteiger partial charge in [0.05, 0.1) is 0 Å². The van der Waals surface area contributed by atoms with E-state index in [0.717, 1.165) is 0 Å². The van der Waals surface area contributed by atoms with Crippen molar-refractivity contribution in [3.05, 3.63) is 70.8 Å². The normalized spacial score (nSPS) is 10.8. The van der Waals surface area contributed by atoms with Crippen molar-refractivity contribution >= 4 is 0 Å². The van der Waals surface area contributed by atoms with E-state index in [4.69, 9.17) is 0 Å². The molecular formula is C22H30. The molecule has 0 N–H and O–H groups in total. The van der Waals surface area contributed by atoms with Crippen LogP contribution in [0.25, 0.3) is 0 Å². The number of unbranched alkanes of at least 4 members (excludes halogenated alkanes) is 5. The fraction of sp³-hybridized carbons (Fsp3) is 0.455. The minimum absolute atomic E-state index is 1.24. The highest BCUT2D eigenvalue weighted by molar-refractivity contribution is 5.22. The number of hydrogen-bond donors (Lipinski definition) is 0. The quantitative estimate of drug-likeness (QED) is 0.467. The molecule has 22 heavy (non-hydrogen) atoms. The van der Waals surface area contributed by atoms with E-state index in [2.05, 4.69) is 62.4 Å².